The van der Waals surface area contributed by atoms with E-state index in [0.717, 1.165) is 19.5 Å². The van der Waals surface area contributed by atoms with Gasteiger partial charge in [0.15, 0.2) is 0 Å². The van der Waals surface area contributed by atoms with E-state index in [1.165, 1.54) is 25.7 Å². The molecule has 1 aliphatic heterocycles. The molecule has 0 aromatic carbocycles. The van der Waals surface area contributed by atoms with Gasteiger partial charge in [-0.25, -0.2) is 0 Å². The van der Waals surface area contributed by atoms with Crippen molar-refractivity contribution in [2.24, 2.45) is 5.92 Å². The Hall–Kier alpha value is -0.610. The van der Waals surface area contributed by atoms with Gasteiger partial charge >= 0.3 is 0 Å². The number of carbonyl (C=O) groups excluding carboxylic acids is 1. The molecule has 4 heteroatoms. The third-order valence-electron chi connectivity index (χ3n) is 5.00. The molecule has 2 rings (SSSR count). The van der Waals surface area contributed by atoms with Crippen molar-refractivity contribution < 1.29 is 4.79 Å². The first-order valence-corrected chi connectivity index (χ1v) is 7.86. The first-order chi connectivity index (χ1) is 9.13. The largest absolute Gasteiger partial charge is 0.324 e. The second-order valence-corrected chi connectivity index (χ2v) is 6.20. The molecule has 2 unspecified atom stereocenters. The summed E-state index contributed by atoms with van der Waals surface area (Å²) in [4.78, 5) is 16.5. The summed E-state index contributed by atoms with van der Waals surface area (Å²) in [5.74, 6) is 0.967. The Morgan fingerprint density at radius 1 is 1.42 bits per heavy atom. The van der Waals surface area contributed by atoms with Gasteiger partial charge in [0.2, 0.25) is 5.91 Å². The normalized spacial score (nSPS) is 26.6. The molecule has 19 heavy (non-hydrogen) atoms. The van der Waals surface area contributed by atoms with E-state index in [1.807, 2.05) is 0 Å². The van der Waals surface area contributed by atoms with Crippen LogP contribution in [-0.4, -0.2) is 54.6 Å². The van der Waals surface area contributed by atoms with Crippen LogP contribution in [0.25, 0.3) is 0 Å². The second kappa shape index (κ2) is 6.71. The van der Waals surface area contributed by atoms with Crippen LogP contribution in [0.1, 0.15) is 46.0 Å². The lowest BCUT2D eigenvalue weighted by molar-refractivity contribution is -0.128. The lowest BCUT2D eigenvalue weighted by Gasteiger charge is -2.32. The monoisotopic (exact) mass is 267 g/mol. The highest BCUT2D eigenvalue weighted by atomic mass is 16.2. The summed E-state index contributed by atoms with van der Waals surface area (Å²) in [6.07, 6.45) is 6.69. The summed E-state index contributed by atoms with van der Waals surface area (Å²) in [7, 11) is 2.16. The fourth-order valence-corrected chi connectivity index (χ4v) is 3.31. The predicted molar refractivity (Wildman–Crippen MR) is 77.8 cm³/mol. The third-order valence-corrected chi connectivity index (χ3v) is 5.00. The molecule has 0 aromatic rings. The van der Waals surface area contributed by atoms with Crippen LogP contribution >= 0.6 is 0 Å². The Bertz CT molecular complexity index is 302. The zero-order valence-corrected chi connectivity index (χ0v) is 12.7. The second-order valence-electron chi connectivity index (χ2n) is 6.20. The Morgan fingerprint density at radius 2 is 2.11 bits per heavy atom. The smallest absolute Gasteiger partial charge is 0.237 e. The topological polar surface area (TPSA) is 35.6 Å². The van der Waals surface area contributed by atoms with Gasteiger partial charge in [0.05, 0.1) is 12.7 Å². The van der Waals surface area contributed by atoms with Crippen molar-refractivity contribution in [2.75, 3.05) is 26.7 Å². The number of hydrogen-bond acceptors (Lipinski definition) is 3. The van der Waals surface area contributed by atoms with Gasteiger partial charge in [-0.2, -0.15) is 0 Å². The van der Waals surface area contributed by atoms with E-state index in [9.17, 15) is 4.79 Å². The summed E-state index contributed by atoms with van der Waals surface area (Å²) in [6, 6.07) is 0.593. The van der Waals surface area contributed by atoms with E-state index in [4.69, 9.17) is 0 Å². The molecule has 1 amide bonds. The van der Waals surface area contributed by atoms with Gasteiger partial charge in [-0.05, 0) is 39.2 Å². The number of carbonyl (C=O) groups is 1. The highest BCUT2D eigenvalue weighted by Crippen LogP contribution is 2.30. The third kappa shape index (κ3) is 3.48. The fraction of sp³-hybridized carbons (Fsp3) is 0.933. The van der Waals surface area contributed by atoms with Crippen molar-refractivity contribution in [3.8, 4) is 0 Å². The Labute approximate surface area is 117 Å². The van der Waals surface area contributed by atoms with Crippen molar-refractivity contribution >= 4 is 5.91 Å². The molecule has 0 aromatic heterocycles. The summed E-state index contributed by atoms with van der Waals surface area (Å²) < 4.78 is 0. The number of hydrogen-bond donors (Lipinski definition) is 1. The molecule has 1 aliphatic carbocycles. The van der Waals surface area contributed by atoms with E-state index < -0.39 is 0 Å². The van der Waals surface area contributed by atoms with Gasteiger partial charge < -0.3 is 9.80 Å². The average molecular weight is 267 g/mol. The highest BCUT2D eigenvalue weighted by molar-refractivity contribution is 5.80. The quantitative estimate of drug-likeness (QED) is 0.795. The molecule has 4 nitrogen and oxygen atoms in total. The van der Waals surface area contributed by atoms with E-state index in [-0.39, 0.29) is 5.91 Å². The molecule has 1 saturated heterocycles. The molecule has 110 valence electrons. The number of nitrogens with zero attached hydrogens (tertiary/aromatic N) is 2. The Balaban J connectivity index is 1.87. The van der Waals surface area contributed by atoms with Gasteiger partial charge in [0.1, 0.15) is 0 Å². The molecule has 1 saturated carbocycles. The number of amides is 1. The van der Waals surface area contributed by atoms with E-state index in [2.05, 4.69) is 36.0 Å². The maximum atomic E-state index is 12.0. The zero-order chi connectivity index (χ0) is 13.8. The number of nitrogens with one attached hydrogen (secondary N) is 1. The van der Waals surface area contributed by atoms with Crippen molar-refractivity contribution in [3.63, 3.8) is 0 Å². The van der Waals surface area contributed by atoms with Gasteiger partial charge in [0.25, 0.3) is 0 Å². The zero-order valence-electron chi connectivity index (χ0n) is 12.7. The van der Waals surface area contributed by atoms with Crippen LogP contribution in [0.2, 0.25) is 0 Å². The molecule has 1 N–H and O–H groups in total. The fourth-order valence-electron chi connectivity index (χ4n) is 3.31. The lowest BCUT2D eigenvalue weighted by atomic mass is 10.0. The maximum Gasteiger partial charge on any atom is 0.237 e. The maximum absolute atomic E-state index is 12.0. The minimum absolute atomic E-state index is 0.287. The van der Waals surface area contributed by atoms with Crippen LogP contribution in [0.15, 0.2) is 0 Å². The average Bonchev–Trinajstić information content (AvgIpc) is 3.04. The van der Waals surface area contributed by atoms with Crippen LogP contribution < -0.4 is 5.32 Å². The van der Waals surface area contributed by atoms with E-state index >= 15 is 0 Å². The minimum Gasteiger partial charge on any atom is -0.324 e. The molecular weight excluding hydrogens is 238 g/mol. The van der Waals surface area contributed by atoms with Crippen LogP contribution in [0.5, 0.6) is 0 Å². The van der Waals surface area contributed by atoms with Crippen molar-refractivity contribution in [3.05, 3.63) is 0 Å². The molecular formula is C15H29N3O. The summed E-state index contributed by atoms with van der Waals surface area (Å²) >= 11 is 0. The Morgan fingerprint density at radius 3 is 2.74 bits per heavy atom. The molecule has 0 bridgehead atoms. The number of rotatable bonds is 6. The van der Waals surface area contributed by atoms with Crippen LogP contribution in [0, 0.1) is 5.92 Å². The standard InChI is InChI=1S/C15H29N3O/c1-4-12(2)17(3)9-10-18-14(19)11-16-15(18)13-7-5-6-8-13/h12-13,15-16H,4-11H2,1-3H3. The summed E-state index contributed by atoms with van der Waals surface area (Å²) in [5, 5.41) is 3.42. The summed E-state index contributed by atoms with van der Waals surface area (Å²) in [6.45, 7) is 6.84. The lowest BCUT2D eigenvalue weighted by Crippen LogP contribution is -2.46. The predicted octanol–water partition coefficient (Wildman–Crippen LogP) is 1.66. The van der Waals surface area contributed by atoms with Gasteiger partial charge in [0, 0.05) is 19.1 Å². The van der Waals surface area contributed by atoms with Crippen LogP contribution in [0.3, 0.4) is 0 Å². The van der Waals surface area contributed by atoms with Crippen LogP contribution in [0.4, 0.5) is 0 Å². The number of likely N-dealkylation sites (N-methyl/N-ethyl adjacent to an activating group) is 1. The van der Waals surface area contributed by atoms with Gasteiger partial charge in [-0.1, -0.05) is 19.8 Å². The highest BCUT2D eigenvalue weighted by Gasteiger charge is 2.36. The van der Waals surface area contributed by atoms with Crippen molar-refractivity contribution in [2.45, 2.75) is 58.2 Å². The van der Waals surface area contributed by atoms with Gasteiger partial charge in [-0.15, -0.1) is 0 Å². The van der Waals surface area contributed by atoms with Gasteiger partial charge in [-0.3, -0.25) is 10.1 Å². The van der Waals surface area contributed by atoms with Crippen molar-refractivity contribution in [1.82, 2.24) is 15.1 Å². The van der Waals surface area contributed by atoms with E-state index in [1.54, 1.807) is 0 Å². The Kier molecular flexibility index (Phi) is 5.22. The molecule has 2 aliphatic rings. The molecule has 2 atom stereocenters. The molecule has 1 heterocycles. The molecule has 0 radical (unpaired) electrons. The molecule has 2 fully saturated rings. The summed E-state index contributed by atoms with van der Waals surface area (Å²) in [5.41, 5.74) is 0. The SMILES string of the molecule is CCC(C)N(C)CCN1C(=O)CNC1C1CCCC1. The molecule has 0 spiro atoms. The first-order valence-electron chi connectivity index (χ1n) is 7.86. The first kappa shape index (κ1) is 14.8. The van der Waals surface area contributed by atoms with Crippen LogP contribution in [-0.2, 0) is 4.79 Å². The minimum atomic E-state index is 0.287. The van der Waals surface area contributed by atoms with Crippen molar-refractivity contribution in [1.29, 1.82) is 0 Å². The van der Waals surface area contributed by atoms with E-state index in [0.29, 0.717) is 24.7 Å².